The van der Waals surface area contributed by atoms with Crippen molar-refractivity contribution >= 4 is 5.69 Å². The molecule has 1 aromatic carbocycles. The van der Waals surface area contributed by atoms with Gasteiger partial charge < -0.3 is 5.32 Å². The minimum Gasteiger partial charge on any atom is -0.383 e. The van der Waals surface area contributed by atoms with Crippen molar-refractivity contribution in [3.05, 3.63) is 29.6 Å². The summed E-state index contributed by atoms with van der Waals surface area (Å²) in [6.45, 7) is 2.20. The minimum absolute atomic E-state index is 0.0172. The van der Waals surface area contributed by atoms with Gasteiger partial charge in [-0.15, -0.1) is 0 Å². The highest BCUT2D eigenvalue weighted by atomic mass is 19.2. The van der Waals surface area contributed by atoms with Crippen molar-refractivity contribution in [1.29, 1.82) is 0 Å². The van der Waals surface area contributed by atoms with Gasteiger partial charge in [0.15, 0.2) is 11.6 Å². The molecule has 0 unspecified atom stereocenters. The Morgan fingerprint density at radius 2 is 1.67 bits per heavy atom. The summed E-state index contributed by atoms with van der Waals surface area (Å²) in [5.41, 5.74) is -0.0172. The van der Waals surface area contributed by atoms with E-state index < -0.39 is 17.5 Å². The first-order chi connectivity index (χ1) is 5.65. The van der Waals surface area contributed by atoms with Crippen LogP contribution in [0, 0.1) is 17.5 Å². The van der Waals surface area contributed by atoms with Crippen LogP contribution in [0.4, 0.5) is 18.9 Å². The summed E-state index contributed by atoms with van der Waals surface area (Å²) < 4.78 is 37.6. The first-order valence-corrected chi connectivity index (χ1v) is 3.53. The topological polar surface area (TPSA) is 12.0 Å². The molecule has 0 aliphatic heterocycles. The largest absolute Gasteiger partial charge is 0.383 e. The maximum absolute atomic E-state index is 12.7. The van der Waals surface area contributed by atoms with Crippen molar-refractivity contribution in [2.45, 2.75) is 6.92 Å². The van der Waals surface area contributed by atoms with Gasteiger partial charge in [0.1, 0.15) is 5.82 Å². The summed E-state index contributed by atoms with van der Waals surface area (Å²) in [4.78, 5) is 0. The Bertz CT molecular complexity index is 286. The molecule has 0 bridgehead atoms. The van der Waals surface area contributed by atoms with Gasteiger partial charge in [-0.25, -0.2) is 13.2 Å². The number of halogens is 3. The lowest BCUT2D eigenvalue weighted by Gasteiger charge is -2.04. The van der Waals surface area contributed by atoms with Crippen molar-refractivity contribution in [3.8, 4) is 0 Å². The van der Waals surface area contributed by atoms with Crippen LogP contribution in [0.1, 0.15) is 6.92 Å². The third-order valence-corrected chi connectivity index (χ3v) is 1.38. The summed E-state index contributed by atoms with van der Waals surface area (Å²) in [7, 11) is 0. The third-order valence-electron chi connectivity index (χ3n) is 1.38. The molecular weight excluding hydrogens is 167 g/mol. The fourth-order valence-electron chi connectivity index (χ4n) is 0.848. The average Bonchev–Trinajstić information content (AvgIpc) is 2.01. The van der Waals surface area contributed by atoms with Crippen LogP contribution in [0.25, 0.3) is 0 Å². The Morgan fingerprint density at radius 3 is 2.25 bits per heavy atom. The van der Waals surface area contributed by atoms with E-state index in [9.17, 15) is 13.2 Å². The molecule has 66 valence electrons. The molecule has 0 heterocycles. The quantitative estimate of drug-likeness (QED) is 0.681. The summed E-state index contributed by atoms with van der Waals surface area (Å²) in [6, 6.07) is 1.32. The standard InChI is InChI=1S/C8H8F3N/c1-2-12-8-4-6(10)5(9)3-7(8)11/h3-4,12H,2H2,1H3. The van der Waals surface area contributed by atoms with Crippen molar-refractivity contribution in [3.63, 3.8) is 0 Å². The number of rotatable bonds is 2. The lowest BCUT2D eigenvalue weighted by Crippen LogP contribution is -2.01. The van der Waals surface area contributed by atoms with E-state index in [0.717, 1.165) is 6.07 Å². The fourth-order valence-corrected chi connectivity index (χ4v) is 0.848. The summed E-state index contributed by atoms with van der Waals surface area (Å²) >= 11 is 0. The van der Waals surface area contributed by atoms with Crippen LogP contribution in [-0.2, 0) is 0 Å². The third kappa shape index (κ3) is 1.69. The Balaban J connectivity index is 3.05. The second-order valence-electron chi connectivity index (χ2n) is 2.28. The molecule has 1 rings (SSSR count). The SMILES string of the molecule is CCNc1cc(F)c(F)cc1F. The van der Waals surface area contributed by atoms with E-state index in [-0.39, 0.29) is 5.69 Å². The van der Waals surface area contributed by atoms with Crippen LogP contribution in [0.5, 0.6) is 0 Å². The van der Waals surface area contributed by atoms with Gasteiger partial charge in [0.05, 0.1) is 5.69 Å². The molecule has 0 radical (unpaired) electrons. The van der Waals surface area contributed by atoms with Crippen LogP contribution in [-0.4, -0.2) is 6.54 Å². The number of anilines is 1. The smallest absolute Gasteiger partial charge is 0.161 e. The van der Waals surface area contributed by atoms with Crippen molar-refractivity contribution < 1.29 is 13.2 Å². The predicted molar refractivity (Wildman–Crippen MR) is 40.5 cm³/mol. The molecule has 0 amide bonds. The molecular formula is C8H8F3N. The van der Waals surface area contributed by atoms with E-state index in [1.807, 2.05) is 0 Å². The number of hydrogen-bond donors (Lipinski definition) is 1. The highest BCUT2D eigenvalue weighted by Gasteiger charge is 2.07. The second-order valence-corrected chi connectivity index (χ2v) is 2.28. The Hall–Kier alpha value is -1.19. The maximum Gasteiger partial charge on any atom is 0.161 e. The maximum atomic E-state index is 12.7. The van der Waals surface area contributed by atoms with Crippen LogP contribution in [0.2, 0.25) is 0 Å². The first kappa shape index (κ1) is 8.90. The predicted octanol–water partition coefficient (Wildman–Crippen LogP) is 2.54. The number of nitrogens with one attached hydrogen (secondary N) is 1. The molecule has 0 saturated carbocycles. The van der Waals surface area contributed by atoms with Crippen molar-refractivity contribution in [2.75, 3.05) is 11.9 Å². The molecule has 1 nitrogen and oxygen atoms in total. The van der Waals surface area contributed by atoms with Gasteiger partial charge in [0, 0.05) is 18.7 Å². The van der Waals surface area contributed by atoms with Gasteiger partial charge in [-0.2, -0.15) is 0 Å². The van der Waals surface area contributed by atoms with E-state index in [2.05, 4.69) is 5.32 Å². The highest BCUT2D eigenvalue weighted by molar-refractivity contribution is 5.44. The molecule has 0 aliphatic rings. The van der Waals surface area contributed by atoms with Crippen molar-refractivity contribution in [2.24, 2.45) is 0 Å². The zero-order valence-electron chi connectivity index (χ0n) is 6.50. The van der Waals surface area contributed by atoms with Gasteiger partial charge in [0.25, 0.3) is 0 Å². The van der Waals surface area contributed by atoms with Crippen LogP contribution in [0.15, 0.2) is 12.1 Å². The normalized spacial score (nSPS) is 10.0. The summed E-state index contributed by atoms with van der Waals surface area (Å²) in [5.74, 6) is -3.00. The van der Waals surface area contributed by atoms with Crippen LogP contribution >= 0.6 is 0 Å². The molecule has 1 N–H and O–H groups in total. The molecule has 4 heteroatoms. The molecule has 0 saturated heterocycles. The molecule has 0 atom stereocenters. The van der Waals surface area contributed by atoms with Crippen molar-refractivity contribution in [1.82, 2.24) is 0 Å². The molecule has 0 aromatic heterocycles. The summed E-state index contributed by atoms with van der Waals surface area (Å²) in [5, 5.41) is 2.56. The summed E-state index contributed by atoms with van der Waals surface area (Å²) in [6.07, 6.45) is 0. The van der Waals surface area contributed by atoms with E-state index in [0.29, 0.717) is 12.6 Å². The first-order valence-electron chi connectivity index (χ1n) is 3.53. The number of hydrogen-bond acceptors (Lipinski definition) is 1. The van der Waals surface area contributed by atoms with Gasteiger partial charge in [-0.3, -0.25) is 0 Å². The van der Waals surface area contributed by atoms with Gasteiger partial charge in [0.2, 0.25) is 0 Å². The van der Waals surface area contributed by atoms with Gasteiger partial charge in [-0.05, 0) is 6.92 Å². The zero-order valence-corrected chi connectivity index (χ0v) is 6.50. The molecule has 1 aromatic rings. The molecule has 12 heavy (non-hydrogen) atoms. The average molecular weight is 175 g/mol. The van der Waals surface area contributed by atoms with E-state index in [4.69, 9.17) is 0 Å². The second kappa shape index (κ2) is 3.47. The monoisotopic (exact) mass is 175 g/mol. The Morgan fingerprint density at radius 1 is 1.08 bits per heavy atom. The van der Waals surface area contributed by atoms with E-state index >= 15 is 0 Å². The van der Waals surface area contributed by atoms with Crippen LogP contribution < -0.4 is 5.32 Å². The fraction of sp³-hybridized carbons (Fsp3) is 0.250. The zero-order chi connectivity index (χ0) is 9.14. The lowest BCUT2D eigenvalue weighted by atomic mass is 10.3. The van der Waals surface area contributed by atoms with Crippen LogP contribution in [0.3, 0.4) is 0 Å². The molecule has 0 aliphatic carbocycles. The van der Waals surface area contributed by atoms with Gasteiger partial charge >= 0.3 is 0 Å². The van der Waals surface area contributed by atoms with Gasteiger partial charge in [-0.1, -0.05) is 0 Å². The minimum atomic E-state index is -1.17. The Kier molecular flexibility index (Phi) is 2.58. The van der Waals surface area contributed by atoms with E-state index in [1.54, 1.807) is 6.92 Å². The Labute approximate surface area is 68.2 Å². The number of benzene rings is 1. The van der Waals surface area contributed by atoms with E-state index in [1.165, 1.54) is 0 Å². The molecule has 0 spiro atoms. The molecule has 0 fully saturated rings. The lowest BCUT2D eigenvalue weighted by molar-refractivity contribution is 0.496. The highest BCUT2D eigenvalue weighted by Crippen LogP contribution is 2.17.